The average Bonchev–Trinajstić information content (AvgIpc) is 3.21. The number of amides is 2. The number of ether oxygens (including phenoxy) is 1. The van der Waals surface area contributed by atoms with E-state index in [0.717, 1.165) is 30.7 Å². The van der Waals surface area contributed by atoms with Gasteiger partial charge in [0.25, 0.3) is 5.91 Å². The van der Waals surface area contributed by atoms with E-state index >= 15 is 0 Å². The van der Waals surface area contributed by atoms with Gasteiger partial charge in [-0.05, 0) is 68.7 Å². The minimum atomic E-state index is -0.956. The lowest BCUT2D eigenvalue weighted by Gasteiger charge is -2.33. The third kappa shape index (κ3) is 5.70. The van der Waals surface area contributed by atoms with Crippen molar-refractivity contribution < 1.29 is 18.7 Å². The average molecular weight is 496 g/mol. The first-order valence-corrected chi connectivity index (χ1v) is 12.7. The number of rotatable bonds is 7. The lowest BCUT2D eigenvalue weighted by Crippen LogP contribution is -2.47. The summed E-state index contributed by atoms with van der Waals surface area (Å²) in [5, 5.41) is 3.95. The molecule has 2 aromatic carbocycles. The molecule has 0 unspecified atom stereocenters. The first-order valence-electron chi connectivity index (χ1n) is 11.8. The molecule has 0 radical (unpaired) electrons. The Morgan fingerprint density at radius 1 is 1.06 bits per heavy atom. The Morgan fingerprint density at radius 2 is 1.71 bits per heavy atom. The number of nitrogens with one attached hydrogen (secondary N) is 1. The van der Waals surface area contributed by atoms with Crippen molar-refractivity contribution in [2.24, 2.45) is 0 Å². The minimum absolute atomic E-state index is 0.0644. The van der Waals surface area contributed by atoms with Crippen LogP contribution >= 0.6 is 11.3 Å². The Kier molecular flexibility index (Phi) is 7.80. The highest BCUT2D eigenvalue weighted by Crippen LogP contribution is 2.33. The second-order valence-electron chi connectivity index (χ2n) is 8.82. The number of hydrogen-bond donors (Lipinski definition) is 1. The largest absolute Gasteiger partial charge is 0.497 e. The molecule has 0 bridgehead atoms. The predicted molar refractivity (Wildman–Crippen MR) is 136 cm³/mol. The van der Waals surface area contributed by atoms with E-state index < -0.39 is 11.9 Å². The first kappa shape index (κ1) is 24.9. The van der Waals surface area contributed by atoms with E-state index in [4.69, 9.17) is 4.74 Å². The lowest BCUT2D eigenvalue weighted by atomic mass is 9.94. The molecule has 8 heteroatoms. The summed E-state index contributed by atoms with van der Waals surface area (Å²) < 4.78 is 19.1. The Labute approximate surface area is 209 Å². The highest BCUT2D eigenvalue weighted by atomic mass is 32.1. The van der Waals surface area contributed by atoms with E-state index in [1.165, 1.54) is 46.9 Å². The van der Waals surface area contributed by atoms with Gasteiger partial charge in [0.15, 0.2) is 0 Å². The van der Waals surface area contributed by atoms with E-state index in [-0.39, 0.29) is 17.9 Å². The number of methoxy groups -OCH3 is 1. The Morgan fingerprint density at radius 3 is 2.29 bits per heavy atom. The van der Waals surface area contributed by atoms with Gasteiger partial charge in [0.1, 0.15) is 22.5 Å². The van der Waals surface area contributed by atoms with Crippen LogP contribution in [0.4, 0.5) is 10.1 Å². The van der Waals surface area contributed by atoms with Gasteiger partial charge in [0, 0.05) is 11.7 Å². The molecule has 1 aromatic heterocycles. The zero-order chi connectivity index (χ0) is 24.9. The fourth-order valence-corrected chi connectivity index (χ4v) is 5.41. The molecule has 0 aliphatic heterocycles. The van der Waals surface area contributed by atoms with Gasteiger partial charge in [-0.1, -0.05) is 31.4 Å². The topological polar surface area (TPSA) is 71.5 Å². The number of anilines is 1. The molecule has 1 N–H and O–H groups in total. The summed E-state index contributed by atoms with van der Waals surface area (Å²) in [5.74, 6) is -0.384. The molecule has 1 saturated carbocycles. The number of hydrogen-bond acceptors (Lipinski definition) is 5. The van der Waals surface area contributed by atoms with Crippen LogP contribution in [-0.4, -0.2) is 29.9 Å². The standard InChI is InChI=1S/C27H30FN3O3S/c1-17-25(35-18(2)29-17)27(33)31(22-13-11-20(28)12-14-22)24(19-9-15-23(34-3)16-10-19)26(32)30-21-7-5-4-6-8-21/h9-16,21,24H,4-8H2,1-3H3,(H,30,32)/t24-/m1/s1. The molecule has 3 aromatic rings. The molecular weight excluding hydrogens is 465 g/mol. The Balaban J connectivity index is 1.81. The van der Waals surface area contributed by atoms with Crippen LogP contribution in [0.25, 0.3) is 0 Å². The summed E-state index contributed by atoms with van der Waals surface area (Å²) in [6.07, 6.45) is 5.13. The third-order valence-electron chi connectivity index (χ3n) is 6.31. The molecule has 2 amide bonds. The number of benzene rings is 2. The van der Waals surface area contributed by atoms with Crippen LogP contribution in [0.2, 0.25) is 0 Å². The molecule has 184 valence electrons. The summed E-state index contributed by atoms with van der Waals surface area (Å²) >= 11 is 1.29. The van der Waals surface area contributed by atoms with Crippen molar-refractivity contribution in [1.29, 1.82) is 0 Å². The van der Waals surface area contributed by atoms with Gasteiger partial charge >= 0.3 is 0 Å². The van der Waals surface area contributed by atoms with Crippen LogP contribution in [-0.2, 0) is 4.79 Å². The zero-order valence-electron chi connectivity index (χ0n) is 20.2. The molecule has 1 aliphatic rings. The Bertz CT molecular complexity index is 1170. The molecule has 4 rings (SSSR count). The van der Waals surface area contributed by atoms with Gasteiger partial charge in [-0.3, -0.25) is 14.5 Å². The fraction of sp³-hybridized carbons (Fsp3) is 0.370. The van der Waals surface area contributed by atoms with Crippen LogP contribution in [0.15, 0.2) is 48.5 Å². The fourth-order valence-electron chi connectivity index (χ4n) is 4.56. The van der Waals surface area contributed by atoms with Crippen LogP contribution in [0, 0.1) is 19.7 Å². The normalized spacial score (nSPS) is 14.9. The molecule has 35 heavy (non-hydrogen) atoms. The molecule has 1 heterocycles. The van der Waals surface area contributed by atoms with Gasteiger partial charge in [0.2, 0.25) is 5.91 Å². The number of aromatic nitrogens is 1. The van der Waals surface area contributed by atoms with Gasteiger partial charge in [0.05, 0.1) is 17.8 Å². The van der Waals surface area contributed by atoms with E-state index in [9.17, 15) is 14.0 Å². The maximum atomic E-state index is 14.0. The Hall–Kier alpha value is -3.26. The van der Waals surface area contributed by atoms with Crippen molar-refractivity contribution in [2.75, 3.05) is 12.0 Å². The van der Waals surface area contributed by atoms with Crippen LogP contribution in [0.1, 0.15) is 64.1 Å². The summed E-state index contributed by atoms with van der Waals surface area (Å²) in [4.78, 5) is 34.2. The quantitative estimate of drug-likeness (QED) is 0.453. The highest BCUT2D eigenvalue weighted by Gasteiger charge is 2.36. The maximum absolute atomic E-state index is 14.0. The maximum Gasteiger partial charge on any atom is 0.271 e. The molecule has 0 saturated heterocycles. The number of carbonyl (C=O) groups excluding carboxylic acids is 2. The van der Waals surface area contributed by atoms with E-state index in [1.54, 1.807) is 38.3 Å². The molecule has 1 aliphatic carbocycles. The van der Waals surface area contributed by atoms with Crippen molar-refractivity contribution in [3.63, 3.8) is 0 Å². The SMILES string of the molecule is COc1ccc([C@H](C(=O)NC2CCCCC2)N(C(=O)c2sc(C)nc2C)c2ccc(F)cc2)cc1. The number of carbonyl (C=O) groups is 2. The summed E-state index contributed by atoms with van der Waals surface area (Å²) in [6.45, 7) is 3.62. The van der Waals surface area contributed by atoms with Crippen LogP contribution < -0.4 is 15.0 Å². The summed E-state index contributed by atoms with van der Waals surface area (Å²) in [6, 6.07) is 11.9. The molecular formula is C27H30FN3O3S. The van der Waals surface area contributed by atoms with Crippen molar-refractivity contribution in [3.05, 3.63) is 75.5 Å². The molecule has 0 spiro atoms. The summed E-state index contributed by atoms with van der Waals surface area (Å²) in [7, 11) is 1.57. The lowest BCUT2D eigenvalue weighted by molar-refractivity contribution is -0.123. The minimum Gasteiger partial charge on any atom is -0.497 e. The molecule has 6 nitrogen and oxygen atoms in total. The van der Waals surface area contributed by atoms with Crippen molar-refractivity contribution in [2.45, 2.75) is 58.0 Å². The van der Waals surface area contributed by atoms with Crippen molar-refractivity contribution >= 4 is 28.8 Å². The van der Waals surface area contributed by atoms with Crippen molar-refractivity contribution in [1.82, 2.24) is 10.3 Å². The van der Waals surface area contributed by atoms with Crippen molar-refractivity contribution in [3.8, 4) is 5.75 Å². The number of nitrogens with zero attached hydrogens (tertiary/aromatic N) is 2. The van der Waals surface area contributed by atoms with E-state index in [1.807, 2.05) is 6.92 Å². The van der Waals surface area contributed by atoms with Gasteiger partial charge < -0.3 is 10.1 Å². The summed E-state index contributed by atoms with van der Waals surface area (Å²) in [5.41, 5.74) is 1.67. The second kappa shape index (κ2) is 11.0. The number of thiazole rings is 1. The van der Waals surface area contributed by atoms with Crippen LogP contribution in [0.3, 0.4) is 0 Å². The van der Waals surface area contributed by atoms with Gasteiger partial charge in [-0.25, -0.2) is 9.37 Å². The molecule has 1 atom stereocenters. The predicted octanol–water partition coefficient (Wildman–Crippen LogP) is 5.74. The smallest absolute Gasteiger partial charge is 0.271 e. The number of aryl methyl sites for hydroxylation is 2. The zero-order valence-corrected chi connectivity index (χ0v) is 21.0. The first-order chi connectivity index (χ1) is 16.9. The second-order valence-corrected chi connectivity index (χ2v) is 10.0. The van der Waals surface area contributed by atoms with E-state index in [0.29, 0.717) is 27.6 Å². The third-order valence-corrected chi connectivity index (χ3v) is 7.37. The van der Waals surface area contributed by atoms with Gasteiger partial charge in [-0.15, -0.1) is 11.3 Å². The van der Waals surface area contributed by atoms with Crippen LogP contribution in [0.5, 0.6) is 5.75 Å². The van der Waals surface area contributed by atoms with E-state index in [2.05, 4.69) is 10.3 Å². The molecule has 1 fully saturated rings. The number of halogens is 1. The highest BCUT2D eigenvalue weighted by molar-refractivity contribution is 7.13. The monoisotopic (exact) mass is 495 g/mol. The van der Waals surface area contributed by atoms with Gasteiger partial charge in [-0.2, -0.15) is 0 Å².